The lowest BCUT2D eigenvalue weighted by molar-refractivity contribution is 0.0727. The lowest BCUT2D eigenvalue weighted by atomic mass is 10.0. The molecular formula is C23H24FN5O3. The fraction of sp³-hybridized carbons (Fsp3) is 0.391. The lowest BCUT2D eigenvalue weighted by Gasteiger charge is -2.23. The predicted molar refractivity (Wildman–Crippen MR) is 115 cm³/mol. The Balaban J connectivity index is 1.47. The highest BCUT2D eigenvalue weighted by molar-refractivity contribution is 5.99. The van der Waals surface area contributed by atoms with Crippen molar-refractivity contribution in [2.75, 3.05) is 18.9 Å². The summed E-state index contributed by atoms with van der Waals surface area (Å²) in [6, 6.07) is 6.36. The zero-order chi connectivity index (χ0) is 22.2. The number of nitrogen functional groups attached to an aromatic ring is 1. The van der Waals surface area contributed by atoms with Gasteiger partial charge >= 0.3 is 0 Å². The maximum atomic E-state index is 15.0. The Labute approximate surface area is 184 Å². The molecule has 0 unspecified atom stereocenters. The van der Waals surface area contributed by atoms with Crippen LogP contribution >= 0.6 is 0 Å². The van der Waals surface area contributed by atoms with Gasteiger partial charge < -0.3 is 20.1 Å². The van der Waals surface area contributed by atoms with Gasteiger partial charge in [-0.05, 0) is 43.4 Å². The minimum Gasteiger partial charge on any atom is -0.477 e. The Morgan fingerprint density at radius 3 is 2.78 bits per heavy atom. The van der Waals surface area contributed by atoms with Crippen LogP contribution in [-0.2, 0) is 24.5 Å². The van der Waals surface area contributed by atoms with Crippen LogP contribution in [0.15, 0.2) is 24.3 Å². The van der Waals surface area contributed by atoms with Gasteiger partial charge in [0.2, 0.25) is 5.88 Å². The zero-order valence-electron chi connectivity index (χ0n) is 17.8. The van der Waals surface area contributed by atoms with E-state index in [1.54, 1.807) is 23.1 Å². The van der Waals surface area contributed by atoms with E-state index in [4.69, 9.17) is 15.2 Å². The van der Waals surface area contributed by atoms with E-state index >= 15 is 4.39 Å². The second kappa shape index (κ2) is 8.31. The maximum absolute atomic E-state index is 15.0. The summed E-state index contributed by atoms with van der Waals surface area (Å²) in [6.07, 6.45) is 2.12. The van der Waals surface area contributed by atoms with Crippen molar-refractivity contribution in [3.8, 4) is 5.88 Å². The molecule has 9 heteroatoms. The summed E-state index contributed by atoms with van der Waals surface area (Å²) in [5, 5.41) is 8.90. The maximum Gasteiger partial charge on any atom is 0.257 e. The second-order valence-electron chi connectivity index (χ2n) is 8.22. The van der Waals surface area contributed by atoms with Gasteiger partial charge in [-0.2, -0.15) is 5.10 Å². The highest BCUT2D eigenvalue weighted by atomic mass is 19.1. The highest BCUT2D eigenvalue weighted by Gasteiger charge is 2.30. The minimum atomic E-state index is -0.619. The predicted octanol–water partition coefficient (Wildman–Crippen LogP) is 3.23. The van der Waals surface area contributed by atoms with Crippen molar-refractivity contribution >= 4 is 22.6 Å². The van der Waals surface area contributed by atoms with E-state index in [1.807, 2.05) is 6.92 Å². The molecule has 8 nitrogen and oxygen atoms in total. The van der Waals surface area contributed by atoms with Crippen LogP contribution < -0.4 is 10.5 Å². The van der Waals surface area contributed by atoms with Crippen molar-refractivity contribution in [2.24, 2.45) is 5.92 Å². The summed E-state index contributed by atoms with van der Waals surface area (Å²) >= 11 is 0. The van der Waals surface area contributed by atoms with Crippen LogP contribution in [0, 0.1) is 11.7 Å². The molecule has 1 saturated carbocycles. The number of rotatable bonds is 7. The number of amides is 1. The summed E-state index contributed by atoms with van der Waals surface area (Å²) in [7, 11) is 0. The monoisotopic (exact) mass is 437 g/mol. The van der Waals surface area contributed by atoms with Gasteiger partial charge in [0.1, 0.15) is 11.6 Å². The van der Waals surface area contributed by atoms with Crippen molar-refractivity contribution < 1.29 is 18.7 Å². The van der Waals surface area contributed by atoms with Gasteiger partial charge in [0.25, 0.3) is 5.91 Å². The fourth-order valence-electron chi connectivity index (χ4n) is 4.01. The largest absolute Gasteiger partial charge is 0.477 e. The fourth-order valence-corrected chi connectivity index (χ4v) is 4.01. The number of carbonyl (C=O) groups is 1. The molecule has 1 fully saturated rings. The molecule has 3 aromatic rings. The molecule has 2 N–H and O–H groups in total. The van der Waals surface area contributed by atoms with Crippen LogP contribution in [0.2, 0.25) is 0 Å². The van der Waals surface area contributed by atoms with E-state index in [-0.39, 0.29) is 18.0 Å². The van der Waals surface area contributed by atoms with Crippen LogP contribution in [0.4, 0.5) is 10.2 Å². The van der Waals surface area contributed by atoms with E-state index in [2.05, 4.69) is 15.2 Å². The Bertz CT molecular complexity index is 1180. The van der Waals surface area contributed by atoms with Crippen LogP contribution in [0.3, 0.4) is 0 Å². The summed E-state index contributed by atoms with van der Waals surface area (Å²) in [6.45, 7) is 3.89. The van der Waals surface area contributed by atoms with Crippen molar-refractivity contribution in [3.63, 3.8) is 0 Å². The summed E-state index contributed by atoms with van der Waals surface area (Å²) in [5.74, 6) is 0.202. The third kappa shape index (κ3) is 3.95. The number of halogens is 1. The normalized spacial score (nSPS) is 15.1. The van der Waals surface area contributed by atoms with E-state index < -0.39 is 5.82 Å². The number of nitrogens with two attached hydrogens (primary N) is 1. The van der Waals surface area contributed by atoms with Gasteiger partial charge in [0, 0.05) is 29.6 Å². The average molecular weight is 437 g/mol. The van der Waals surface area contributed by atoms with Crippen molar-refractivity contribution in [3.05, 3.63) is 52.5 Å². The van der Waals surface area contributed by atoms with Gasteiger partial charge in [-0.3, -0.25) is 4.79 Å². The Morgan fingerprint density at radius 2 is 2.06 bits per heavy atom. The first-order valence-corrected chi connectivity index (χ1v) is 10.8. The molecule has 2 aromatic heterocycles. The van der Waals surface area contributed by atoms with E-state index in [9.17, 15) is 4.79 Å². The SMILES string of the molecule is CCOc1ccc(CN(CC2CC2)C(=O)c2cc3c4c(c(N)nc3cc2F)COC4)nn1. The number of aromatic nitrogens is 3. The summed E-state index contributed by atoms with van der Waals surface area (Å²) < 4.78 is 25.9. The molecule has 32 heavy (non-hydrogen) atoms. The van der Waals surface area contributed by atoms with E-state index in [1.165, 1.54) is 6.07 Å². The molecule has 0 spiro atoms. The molecule has 5 rings (SSSR count). The molecule has 166 valence electrons. The number of ether oxygens (including phenoxy) is 2. The second-order valence-corrected chi connectivity index (χ2v) is 8.22. The molecule has 0 saturated heterocycles. The Morgan fingerprint density at radius 1 is 1.25 bits per heavy atom. The Hall–Kier alpha value is -3.33. The van der Waals surface area contributed by atoms with Crippen LogP contribution in [0.1, 0.15) is 46.9 Å². The number of fused-ring (bicyclic) bond motifs is 3. The summed E-state index contributed by atoms with van der Waals surface area (Å²) in [4.78, 5) is 19.4. The van der Waals surface area contributed by atoms with E-state index in [0.29, 0.717) is 60.6 Å². The number of anilines is 1. The highest BCUT2D eigenvalue weighted by Crippen LogP contribution is 2.34. The average Bonchev–Trinajstić information content (AvgIpc) is 3.45. The molecule has 0 atom stereocenters. The zero-order valence-corrected chi connectivity index (χ0v) is 17.8. The third-order valence-corrected chi connectivity index (χ3v) is 5.85. The molecule has 1 aromatic carbocycles. The van der Waals surface area contributed by atoms with Crippen LogP contribution in [0.5, 0.6) is 5.88 Å². The van der Waals surface area contributed by atoms with Gasteiger partial charge in [-0.25, -0.2) is 9.37 Å². The smallest absolute Gasteiger partial charge is 0.257 e. The number of hydrogen-bond donors (Lipinski definition) is 1. The number of benzene rings is 1. The Kier molecular flexibility index (Phi) is 5.34. The molecule has 0 radical (unpaired) electrons. The molecule has 3 heterocycles. The van der Waals surface area contributed by atoms with Crippen molar-refractivity contribution in [2.45, 2.75) is 39.5 Å². The first kappa shape index (κ1) is 20.6. The number of pyridine rings is 1. The standard InChI is InChI=1S/C23H24FN5O3/c1-2-32-21-6-5-14(27-28-21)10-29(9-13-3-4-13)23(30)16-7-15-17-11-31-12-18(17)22(25)26-20(15)8-19(16)24/h5-8,13H,2-4,9-12H2,1H3,(H2,25,26). The van der Waals surface area contributed by atoms with Crippen LogP contribution in [0.25, 0.3) is 10.9 Å². The first-order valence-electron chi connectivity index (χ1n) is 10.8. The lowest BCUT2D eigenvalue weighted by Crippen LogP contribution is -2.33. The van der Waals surface area contributed by atoms with E-state index in [0.717, 1.165) is 24.0 Å². The van der Waals surface area contributed by atoms with Gasteiger partial charge in [-0.1, -0.05) is 0 Å². The molecule has 1 aliphatic heterocycles. The van der Waals surface area contributed by atoms with Gasteiger partial charge in [-0.15, -0.1) is 5.10 Å². The minimum absolute atomic E-state index is 0.0118. The van der Waals surface area contributed by atoms with Gasteiger partial charge in [0.15, 0.2) is 0 Å². The van der Waals surface area contributed by atoms with Gasteiger partial charge in [0.05, 0.1) is 43.1 Å². The molecule has 0 bridgehead atoms. The van der Waals surface area contributed by atoms with Crippen molar-refractivity contribution in [1.29, 1.82) is 0 Å². The number of hydrogen-bond acceptors (Lipinski definition) is 7. The van der Waals surface area contributed by atoms with Crippen LogP contribution in [-0.4, -0.2) is 39.1 Å². The van der Waals surface area contributed by atoms with Crippen molar-refractivity contribution in [1.82, 2.24) is 20.1 Å². The molecule has 1 amide bonds. The third-order valence-electron chi connectivity index (χ3n) is 5.85. The summed E-state index contributed by atoms with van der Waals surface area (Å²) in [5.41, 5.74) is 8.73. The number of nitrogens with zero attached hydrogens (tertiary/aromatic N) is 4. The topological polar surface area (TPSA) is 103 Å². The quantitative estimate of drug-likeness (QED) is 0.605. The molecule has 1 aliphatic carbocycles. The number of carbonyl (C=O) groups excluding carboxylic acids is 1. The molecule has 2 aliphatic rings. The first-order chi connectivity index (χ1) is 15.5. The molecular weight excluding hydrogens is 413 g/mol.